The van der Waals surface area contributed by atoms with Gasteiger partial charge in [0.1, 0.15) is 0 Å². The summed E-state index contributed by atoms with van der Waals surface area (Å²) in [5.74, 6) is -0.157. The molecule has 3 amide bonds. The number of allylic oxidation sites excluding steroid dienone is 2. The van der Waals surface area contributed by atoms with Crippen LogP contribution in [0.5, 0.6) is 0 Å². The zero-order valence-corrected chi connectivity index (χ0v) is 23.2. The molecule has 208 valence electrons. The molecule has 7 heteroatoms. The lowest BCUT2D eigenvalue weighted by Crippen LogP contribution is -2.44. The van der Waals surface area contributed by atoms with Crippen molar-refractivity contribution < 1.29 is 14.4 Å². The highest BCUT2D eigenvalue weighted by atomic mass is 16.2. The van der Waals surface area contributed by atoms with Crippen LogP contribution < -0.4 is 15.1 Å². The number of carbonyl (C=O) groups excluding carboxylic acids is 3. The minimum Gasteiger partial charge on any atom is -0.369 e. The summed E-state index contributed by atoms with van der Waals surface area (Å²) in [6.07, 6.45) is 5.88. The summed E-state index contributed by atoms with van der Waals surface area (Å²) in [6.45, 7) is 3.95. The molecule has 41 heavy (non-hydrogen) atoms. The number of imide groups is 1. The van der Waals surface area contributed by atoms with Crippen LogP contribution in [0.15, 0.2) is 84.9 Å². The predicted molar refractivity (Wildman–Crippen MR) is 160 cm³/mol. The van der Waals surface area contributed by atoms with Gasteiger partial charge in [0, 0.05) is 43.1 Å². The van der Waals surface area contributed by atoms with Crippen molar-refractivity contribution in [2.75, 3.05) is 48.3 Å². The van der Waals surface area contributed by atoms with Gasteiger partial charge in [0.15, 0.2) is 0 Å². The molecule has 0 radical (unpaired) electrons. The van der Waals surface area contributed by atoms with Crippen molar-refractivity contribution in [3.05, 3.63) is 102 Å². The Balaban J connectivity index is 0.970. The summed E-state index contributed by atoms with van der Waals surface area (Å²) in [5, 5.41) is 3.02. The van der Waals surface area contributed by atoms with E-state index in [2.05, 4.69) is 40.4 Å². The molecular formula is C34H34N4O3. The Morgan fingerprint density at radius 2 is 1.39 bits per heavy atom. The second kappa shape index (κ2) is 10.3. The normalized spacial score (nSPS) is 25.2. The van der Waals surface area contributed by atoms with E-state index in [0.29, 0.717) is 17.7 Å². The first-order valence-corrected chi connectivity index (χ1v) is 14.5. The van der Waals surface area contributed by atoms with E-state index in [1.807, 2.05) is 66.7 Å². The first-order chi connectivity index (χ1) is 19.9. The van der Waals surface area contributed by atoms with E-state index in [0.717, 1.165) is 55.1 Å². The largest absolute Gasteiger partial charge is 0.369 e. The van der Waals surface area contributed by atoms with Crippen molar-refractivity contribution in [3.8, 4) is 0 Å². The van der Waals surface area contributed by atoms with Crippen LogP contribution in [0.2, 0.25) is 0 Å². The Hall–Kier alpha value is -4.23. The number of likely N-dealkylation sites (N-methyl/N-ethyl adjacent to an activating group) is 1. The monoisotopic (exact) mass is 546 g/mol. The first kappa shape index (κ1) is 25.7. The van der Waals surface area contributed by atoms with Crippen LogP contribution in [-0.2, 0) is 16.0 Å². The van der Waals surface area contributed by atoms with Gasteiger partial charge in [-0.2, -0.15) is 0 Å². The standard InChI is InChI=1S/C34H34N4O3/c1-36-15-17-37(18-16-36)29-4-2-3-26(21-29)32(39)35-27-11-5-22(6-12-27)19-23-7-13-28(14-8-23)38-33(40)30-24-9-10-25(20-24)31(30)34(38)41/h2-14,21,24-25,30-31H,15-20H2,1H3,(H,35,39)/t24-,25+,30?,31?. The van der Waals surface area contributed by atoms with Crippen LogP contribution in [0.3, 0.4) is 0 Å². The maximum absolute atomic E-state index is 13.1. The van der Waals surface area contributed by atoms with Crippen molar-refractivity contribution in [2.45, 2.75) is 12.8 Å². The molecule has 1 N–H and O–H groups in total. The van der Waals surface area contributed by atoms with E-state index in [4.69, 9.17) is 0 Å². The van der Waals surface area contributed by atoms with E-state index in [1.54, 1.807) is 0 Å². The Morgan fingerprint density at radius 3 is 2.02 bits per heavy atom. The number of hydrogen-bond acceptors (Lipinski definition) is 5. The van der Waals surface area contributed by atoms with E-state index in [-0.39, 0.29) is 41.4 Å². The molecule has 2 bridgehead atoms. The molecule has 4 atom stereocenters. The maximum Gasteiger partial charge on any atom is 0.255 e. The van der Waals surface area contributed by atoms with Gasteiger partial charge < -0.3 is 15.1 Å². The van der Waals surface area contributed by atoms with Crippen molar-refractivity contribution in [1.82, 2.24) is 4.90 Å². The zero-order chi connectivity index (χ0) is 28.1. The van der Waals surface area contributed by atoms with Crippen LogP contribution in [0.4, 0.5) is 17.1 Å². The number of amides is 3. The van der Waals surface area contributed by atoms with E-state index in [9.17, 15) is 14.4 Å². The number of piperazine rings is 1. The first-order valence-electron chi connectivity index (χ1n) is 14.5. The molecule has 2 aliphatic carbocycles. The quantitative estimate of drug-likeness (QED) is 0.362. The molecule has 2 aliphatic heterocycles. The molecule has 2 saturated heterocycles. The average Bonchev–Trinajstić information content (AvgIpc) is 3.68. The van der Waals surface area contributed by atoms with Crippen LogP contribution in [0.1, 0.15) is 27.9 Å². The SMILES string of the molecule is CN1CCN(c2cccc(C(=O)Nc3ccc(Cc4ccc(N5C(=O)C6C(C5=O)[C@H]5C=C[C@@H]6C5)cc4)cc3)c2)CC1. The molecule has 3 fully saturated rings. The minimum absolute atomic E-state index is 0.0479. The summed E-state index contributed by atoms with van der Waals surface area (Å²) >= 11 is 0. The van der Waals surface area contributed by atoms with Crippen LogP contribution >= 0.6 is 0 Å². The molecule has 4 aliphatic rings. The number of anilines is 3. The highest BCUT2D eigenvalue weighted by Gasteiger charge is 2.59. The fourth-order valence-corrected chi connectivity index (χ4v) is 6.97. The summed E-state index contributed by atoms with van der Waals surface area (Å²) < 4.78 is 0. The lowest BCUT2D eigenvalue weighted by molar-refractivity contribution is -0.123. The smallest absolute Gasteiger partial charge is 0.255 e. The predicted octanol–water partition coefficient (Wildman–Crippen LogP) is 4.59. The topological polar surface area (TPSA) is 73.0 Å². The molecule has 2 heterocycles. The van der Waals surface area contributed by atoms with Gasteiger partial charge in [-0.15, -0.1) is 0 Å². The lowest BCUT2D eigenvalue weighted by atomic mass is 9.85. The van der Waals surface area contributed by atoms with Gasteiger partial charge in [0.2, 0.25) is 11.8 Å². The van der Waals surface area contributed by atoms with Gasteiger partial charge >= 0.3 is 0 Å². The molecule has 0 spiro atoms. The number of hydrogen-bond donors (Lipinski definition) is 1. The van der Waals surface area contributed by atoms with E-state index in [1.165, 1.54) is 4.90 Å². The fourth-order valence-electron chi connectivity index (χ4n) is 6.97. The second-order valence-electron chi connectivity index (χ2n) is 11.8. The van der Waals surface area contributed by atoms with E-state index < -0.39 is 0 Å². The number of fused-ring (bicyclic) bond motifs is 5. The van der Waals surface area contributed by atoms with Gasteiger partial charge in [-0.3, -0.25) is 19.3 Å². The van der Waals surface area contributed by atoms with Crippen LogP contribution in [0.25, 0.3) is 0 Å². The Morgan fingerprint density at radius 1 is 0.780 bits per heavy atom. The summed E-state index contributed by atoms with van der Waals surface area (Å²) in [5.41, 5.74) is 5.34. The van der Waals surface area contributed by atoms with Gasteiger partial charge in [-0.05, 0) is 85.3 Å². The molecule has 7 rings (SSSR count). The number of benzene rings is 3. The molecular weight excluding hydrogens is 512 g/mol. The summed E-state index contributed by atoms with van der Waals surface area (Å²) in [6, 6.07) is 23.4. The van der Waals surface area contributed by atoms with Crippen LogP contribution in [-0.4, -0.2) is 55.8 Å². The highest BCUT2D eigenvalue weighted by molar-refractivity contribution is 6.22. The highest BCUT2D eigenvalue weighted by Crippen LogP contribution is 2.53. The van der Waals surface area contributed by atoms with Gasteiger partial charge in [0.25, 0.3) is 5.91 Å². The van der Waals surface area contributed by atoms with Gasteiger partial charge in [-0.1, -0.05) is 42.5 Å². The Kier molecular flexibility index (Phi) is 6.47. The van der Waals surface area contributed by atoms with Crippen molar-refractivity contribution >= 4 is 34.8 Å². The van der Waals surface area contributed by atoms with Gasteiger partial charge in [0.05, 0.1) is 17.5 Å². The molecule has 2 unspecified atom stereocenters. The summed E-state index contributed by atoms with van der Waals surface area (Å²) in [7, 11) is 2.13. The number of carbonyl (C=O) groups is 3. The number of rotatable bonds is 6. The Bertz CT molecular complexity index is 1490. The number of nitrogens with one attached hydrogen (secondary N) is 1. The third kappa shape index (κ3) is 4.74. The lowest BCUT2D eigenvalue weighted by Gasteiger charge is -2.34. The summed E-state index contributed by atoms with van der Waals surface area (Å²) in [4.78, 5) is 45.2. The maximum atomic E-state index is 13.1. The van der Waals surface area contributed by atoms with Crippen molar-refractivity contribution in [1.29, 1.82) is 0 Å². The van der Waals surface area contributed by atoms with E-state index >= 15 is 0 Å². The molecule has 3 aromatic rings. The van der Waals surface area contributed by atoms with Crippen molar-refractivity contribution in [3.63, 3.8) is 0 Å². The molecule has 7 nitrogen and oxygen atoms in total. The van der Waals surface area contributed by atoms with Gasteiger partial charge in [-0.25, -0.2) is 0 Å². The van der Waals surface area contributed by atoms with Crippen LogP contribution in [0, 0.1) is 23.7 Å². The third-order valence-electron chi connectivity index (χ3n) is 9.26. The molecule has 1 saturated carbocycles. The molecule has 3 aromatic carbocycles. The minimum atomic E-state index is -0.183. The fraction of sp³-hybridized carbons (Fsp3) is 0.324. The average molecular weight is 547 g/mol. The second-order valence-corrected chi connectivity index (χ2v) is 11.8. The van der Waals surface area contributed by atoms with Crippen molar-refractivity contribution in [2.24, 2.45) is 23.7 Å². The Labute approximate surface area is 240 Å². The number of nitrogens with zero attached hydrogens (tertiary/aromatic N) is 3. The zero-order valence-electron chi connectivity index (χ0n) is 23.2. The third-order valence-corrected chi connectivity index (χ3v) is 9.26. The molecule has 0 aromatic heterocycles.